The van der Waals surface area contributed by atoms with Crippen molar-refractivity contribution in [2.24, 2.45) is 5.92 Å². The number of nitriles is 1. The maximum atomic E-state index is 12.7. The fourth-order valence-corrected chi connectivity index (χ4v) is 5.72. The van der Waals surface area contributed by atoms with Gasteiger partial charge in [-0.3, -0.25) is 14.9 Å². The van der Waals surface area contributed by atoms with E-state index in [0.29, 0.717) is 21.5 Å². The number of nitro benzene ring substituents is 1. The summed E-state index contributed by atoms with van der Waals surface area (Å²) in [6, 6.07) is 6.88. The summed E-state index contributed by atoms with van der Waals surface area (Å²) in [5, 5.41) is 24.8. The summed E-state index contributed by atoms with van der Waals surface area (Å²) >= 11 is 1.55. The number of hydrogen-bond donors (Lipinski definition) is 1. The number of rotatable bonds is 4. The van der Waals surface area contributed by atoms with Crippen LogP contribution in [0.25, 0.3) is 0 Å². The first kappa shape index (κ1) is 17.9. The van der Waals surface area contributed by atoms with Crippen LogP contribution in [0.1, 0.15) is 42.5 Å². The molecule has 0 unspecified atom stereocenters. The predicted octanol–water partition coefficient (Wildman–Crippen LogP) is 3.58. The normalized spacial score (nSPS) is 24.0. The highest BCUT2D eigenvalue weighted by atomic mass is 32.2. The zero-order valence-corrected chi connectivity index (χ0v) is 15.6. The van der Waals surface area contributed by atoms with E-state index in [2.05, 4.69) is 11.4 Å². The standard InChI is InChI=1S/C19H20N4O3S/c20-11-14-13-4-3-5-17(13)27-19(14)21-18(24)12-6-7-15(16(10-12)23(25)26)22-8-1-2-9-22/h6-7,10,13,17H,1-5,8-9H2,(H,21,24)/t13-,17-/m1/s1. The zero-order valence-electron chi connectivity index (χ0n) is 14.8. The molecule has 7 nitrogen and oxygen atoms in total. The van der Waals surface area contributed by atoms with E-state index in [1.54, 1.807) is 23.9 Å². The fourth-order valence-electron chi connectivity index (χ4n) is 4.22. The minimum atomic E-state index is -0.431. The molecule has 2 fully saturated rings. The number of allylic oxidation sites excluding steroid dienone is 1. The number of carbonyl (C=O) groups is 1. The molecule has 8 heteroatoms. The molecule has 0 radical (unpaired) electrons. The Morgan fingerprint density at radius 1 is 1.30 bits per heavy atom. The second-order valence-electron chi connectivity index (χ2n) is 7.16. The summed E-state index contributed by atoms with van der Waals surface area (Å²) in [6.45, 7) is 1.59. The average Bonchev–Trinajstić information content (AvgIpc) is 3.38. The van der Waals surface area contributed by atoms with Crippen LogP contribution < -0.4 is 10.2 Å². The number of fused-ring (bicyclic) bond motifs is 1. The van der Waals surface area contributed by atoms with Crippen molar-refractivity contribution in [3.8, 4) is 6.07 Å². The number of nitrogens with zero attached hydrogens (tertiary/aromatic N) is 3. The first-order valence-corrected chi connectivity index (χ1v) is 10.1. The second-order valence-corrected chi connectivity index (χ2v) is 8.41. The summed E-state index contributed by atoms with van der Waals surface area (Å²) in [5.41, 5.74) is 1.41. The van der Waals surface area contributed by atoms with Gasteiger partial charge in [-0.05, 0) is 37.8 Å². The van der Waals surface area contributed by atoms with Gasteiger partial charge in [0.2, 0.25) is 0 Å². The Labute approximate surface area is 161 Å². The topological polar surface area (TPSA) is 99.3 Å². The molecule has 27 heavy (non-hydrogen) atoms. The maximum Gasteiger partial charge on any atom is 0.293 e. The van der Waals surface area contributed by atoms with E-state index in [4.69, 9.17) is 0 Å². The summed E-state index contributed by atoms with van der Waals surface area (Å²) < 4.78 is 0. The molecule has 3 aliphatic rings. The highest BCUT2D eigenvalue weighted by molar-refractivity contribution is 8.04. The third-order valence-electron chi connectivity index (χ3n) is 5.57. The zero-order chi connectivity index (χ0) is 19.0. The van der Waals surface area contributed by atoms with Gasteiger partial charge in [0.25, 0.3) is 11.6 Å². The van der Waals surface area contributed by atoms with Crippen LogP contribution in [0.5, 0.6) is 0 Å². The molecule has 2 aliphatic heterocycles. The Hall–Kier alpha value is -2.53. The van der Waals surface area contributed by atoms with E-state index in [1.165, 1.54) is 6.07 Å². The number of amides is 1. The van der Waals surface area contributed by atoms with E-state index >= 15 is 0 Å². The highest BCUT2D eigenvalue weighted by Crippen LogP contribution is 2.49. The molecule has 1 amide bonds. The number of hydrogen-bond acceptors (Lipinski definition) is 6. The summed E-state index contributed by atoms with van der Waals surface area (Å²) in [7, 11) is 0. The number of nitro groups is 1. The Kier molecular flexibility index (Phi) is 4.79. The summed E-state index contributed by atoms with van der Waals surface area (Å²) in [5.74, 6) is -0.177. The molecule has 1 aromatic carbocycles. The molecular weight excluding hydrogens is 364 g/mol. The number of anilines is 1. The monoisotopic (exact) mass is 384 g/mol. The smallest absolute Gasteiger partial charge is 0.293 e. The van der Waals surface area contributed by atoms with Crippen molar-refractivity contribution in [1.29, 1.82) is 5.26 Å². The largest absolute Gasteiger partial charge is 0.366 e. The molecule has 1 aliphatic carbocycles. The molecule has 140 valence electrons. The SMILES string of the molecule is N#CC1=C(NC(=O)c2ccc(N3CCCC3)c([N+](=O)[O-])c2)S[C@@H]2CCC[C@H]12. The number of benzene rings is 1. The van der Waals surface area contributed by atoms with Crippen molar-refractivity contribution >= 4 is 29.0 Å². The van der Waals surface area contributed by atoms with Gasteiger partial charge in [0.1, 0.15) is 5.69 Å². The Morgan fingerprint density at radius 3 is 2.78 bits per heavy atom. The Morgan fingerprint density at radius 2 is 2.07 bits per heavy atom. The van der Waals surface area contributed by atoms with Crippen molar-refractivity contribution in [2.75, 3.05) is 18.0 Å². The van der Waals surface area contributed by atoms with Crippen LogP contribution >= 0.6 is 11.8 Å². The van der Waals surface area contributed by atoms with E-state index < -0.39 is 10.8 Å². The number of thioether (sulfide) groups is 1. The van der Waals surface area contributed by atoms with Gasteiger partial charge in [0, 0.05) is 35.9 Å². The number of carbonyl (C=O) groups excluding carboxylic acids is 1. The van der Waals surface area contributed by atoms with Gasteiger partial charge in [-0.2, -0.15) is 5.26 Å². The van der Waals surface area contributed by atoms with Gasteiger partial charge in [0.05, 0.1) is 21.6 Å². The van der Waals surface area contributed by atoms with Gasteiger partial charge >= 0.3 is 0 Å². The minimum absolute atomic E-state index is 0.0463. The van der Waals surface area contributed by atoms with Crippen molar-refractivity contribution < 1.29 is 9.72 Å². The summed E-state index contributed by atoms with van der Waals surface area (Å²) in [6.07, 6.45) is 5.18. The molecule has 1 aromatic rings. The summed E-state index contributed by atoms with van der Waals surface area (Å²) in [4.78, 5) is 25.8. The van der Waals surface area contributed by atoms with Crippen molar-refractivity contribution in [2.45, 2.75) is 37.4 Å². The van der Waals surface area contributed by atoms with Crippen molar-refractivity contribution in [1.82, 2.24) is 5.32 Å². The van der Waals surface area contributed by atoms with Gasteiger partial charge in [-0.15, -0.1) is 11.8 Å². The van der Waals surface area contributed by atoms with E-state index in [-0.39, 0.29) is 17.2 Å². The van der Waals surface area contributed by atoms with Crippen LogP contribution in [-0.2, 0) is 0 Å². The average molecular weight is 384 g/mol. The molecule has 2 heterocycles. The predicted molar refractivity (Wildman–Crippen MR) is 103 cm³/mol. The van der Waals surface area contributed by atoms with E-state index in [9.17, 15) is 20.2 Å². The lowest BCUT2D eigenvalue weighted by atomic mass is 9.99. The third-order valence-corrected chi connectivity index (χ3v) is 6.99. The molecular formula is C19H20N4O3S. The van der Waals surface area contributed by atoms with Crippen LogP contribution in [0.2, 0.25) is 0 Å². The van der Waals surface area contributed by atoms with Crippen LogP contribution in [0.3, 0.4) is 0 Å². The van der Waals surface area contributed by atoms with Gasteiger partial charge in [0.15, 0.2) is 0 Å². The van der Waals surface area contributed by atoms with Gasteiger partial charge in [-0.1, -0.05) is 6.42 Å². The first-order valence-electron chi connectivity index (χ1n) is 9.24. The Balaban J connectivity index is 1.58. The fraction of sp³-hybridized carbons (Fsp3) is 0.474. The van der Waals surface area contributed by atoms with Crippen LogP contribution in [0.4, 0.5) is 11.4 Å². The van der Waals surface area contributed by atoms with E-state index in [1.807, 2.05) is 4.90 Å². The van der Waals surface area contributed by atoms with Crippen LogP contribution in [0.15, 0.2) is 28.8 Å². The molecule has 0 aromatic heterocycles. The highest BCUT2D eigenvalue weighted by Gasteiger charge is 2.39. The lowest BCUT2D eigenvalue weighted by molar-refractivity contribution is -0.384. The minimum Gasteiger partial charge on any atom is -0.366 e. The quantitative estimate of drug-likeness (QED) is 0.629. The van der Waals surface area contributed by atoms with E-state index in [0.717, 1.165) is 45.2 Å². The molecule has 2 atom stereocenters. The molecule has 1 saturated carbocycles. The molecule has 4 rings (SSSR count). The first-order chi connectivity index (χ1) is 13.1. The van der Waals surface area contributed by atoms with Crippen molar-refractivity contribution in [3.63, 3.8) is 0 Å². The molecule has 1 saturated heterocycles. The molecule has 0 spiro atoms. The Bertz CT molecular complexity index is 870. The second kappa shape index (κ2) is 7.24. The third kappa shape index (κ3) is 3.28. The molecule has 1 N–H and O–H groups in total. The van der Waals surface area contributed by atoms with Crippen LogP contribution in [-0.4, -0.2) is 29.2 Å². The number of nitrogens with one attached hydrogen (secondary N) is 1. The maximum absolute atomic E-state index is 12.7. The van der Waals surface area contributed by atoms with Gasteiger partial charge in [-0.25, -0.2) is 0 Å². The lowest BCUT2D eigenvalue weighted by Gasteiger charge is -2.18. The molecule has 0 bridgehead atoms. The lowest BCUT2D eigenvalue weighted by Crippen LogP contribution is -2.23. The van der Waals surface area contributed by atoms with Gasteiger partial charge < -0.3 is 10.2 Å². The van der Waals surface area contributed by atoms with Crippen LogP contribution in [0, 0.1) is 27.4 Å². The van der Waals surface area contributed by atoms with Crippen molar-refractivity contribution in [3.05, 3.63) is 44.5 Å².